The lowest BCUT2D eigenvalue weighted by Crippen LogP contribution is -2.58. The van der Waals surface area contributed by atoms with E-state index in [2.05, 4.69) is 4.74 Å². The van der Waals surface area contributed by atoms with Gasteiger partial charge in [-0.05, 0) is 0 Å². The van der Waals surface area contributed by atoms with Crippen LogP contribution in [0.3, 0.4) is 0 Å². The van der Waals surface area contributed by atoms with Crippen molar-refractivity contribution in [1.29, 1.82) is 0 Å². The maximum Gasteiger partial charge on any atom is 0.445 e. The number of ether oxygens (including phenoxy) is 1. The predicted octanol–water partition coefficient (Wildman–Crippen LogP) is 0.615. The third-order valence-electron chi connectivity index (χ3n) is 0.771. The second-order valence-corrected chi connectivity index (χ2v) is 1.47. The molecule has 1 heterocycles. The van der Waals surface area contributed by atoms with E-state index in [1.54, 1.807) is 0 Å². The van der Waals surface area contributed by atoms with Crippen molar-refractivity contribution < 1.29 is 22.7 Å². The summed E-state index contributed by atoms with van der Waals surface area (Å²) in [5.41, 5.74) is 0. The predicted molar refractivity (Wildman–Crippen MR) is 19.5 cm³/mol. The van der Waals surface area contributed by atoms with E-state index < -0.39 is 18.5 Å². The molecule has 1 atom stereocenters. The molecule has 0 saturated carbocycles. The van der Waals surface area contributed by atoms with Crippen LogP contribution in [0.1, 0.15) is 0 Å². The molecule has 1 saturated heterocycles. The number of rotatable bonds is 0. The van der Waals surface area contributed by atoms with Gasteiger partial charge in [0.2, 0.25) is 0 Å². The van der Waals surface area contributed by atoms with E-state index in [0.717, 1.165) is 0 Å². The largest absolute Gasteiger partial charge is 0.445 e. The van der Waals surface area contributed by atoms with Crippen molar-refractivity contribution in [2.45, 2.75) is 12.4 Å². The Morgan fingerprint density at radius 1 is 1.56 bits per heavy atom. The fourth-order valence-electron chi connectivity index (χ4n) is 0.368. The Labute approximate surface area is 47.8 Å². The van der Waals surface area contributed by atoms with E-state index in [9.17, 15) is 18.0 Å². The lowest BCUT2D eigenvalue weighted by atomic mass is 10.5. The molecule has 1 aliphatic heterocycles. The third kappa shape index (κ3) is 1.06. The molecule has 6 heteroatoms. The first kappa shape index (κ1) is 6.18. The van der Waals surface area contributed by atoms with Crippen molar-refractivity contribution in [3.05, 3.63) is 0 Å². The molecule has 1 rings (SSSR count). The van der Waals surface area contributed by atoms with Gasteiger partial charge in [0.25, 0.3) is 6.23 Å². The number of nitrogens with one attached hydrogen (secondary N) is 1. The minimum atomic E-state index is -4.48. The summed E-state index contributed by atoms with van der Waals surface area (Å²) >= 11 is 0. The molecule has 52 valence electrons. The van der Waals surface area contributed by atoms with Crippen LogP contribution in [0.15, 0.2) is 0 Å². The van der Waals surface area contributed by atoms with Gasteiger partial charge in [0.1, 0.15) is 0 Å². The molecule has 9 heavy (non-hydrogen) atoms. The molecule has 0 aromatic rings. The van der Waals surface area contributed by atoms with Crippen LogP contribution >= 0.6 is 0 Å². The van der Waals surface area contributed by atoms with Gasteiger partial charge >= 0.3 is 12.3 Å². The molecular weight excluding hydrogens is 139 g/mol. The van der Waals surface area contributed by atoms with Crippen LogP contribution in [0, 0.1) is 0 Å². The Kier molecular flexibility index (Phi) is 1.04. The van der Waals surface area contributed by atoms with Crippen molar-refractivity contribution in [2.24, 2.45) is 0 Å². The van der Waals surface area contributed by atoms with Crippen LogP contribution < -0.4 is 5.32 Å². The highest BCUT2D eigenvalue weighted by Gasteiger charge is 2.49. The van der Waals surface area contributed by atoms with Gasteiger partial charge in [-0.2, -0.15) is 13.2 Å². The average Bonchev–Trinajstić information content (AvgIpc) is 1.55. The van der Waals surface area contributed by atoms with Gasteiger partial charge in [0, 0.05) is 0 Å². The molecule has 1 aliphatic rings. The van der Waals surface area contributed by atoms with Gasteiger partial charge in [-0.15, -0.1) is 0 Å². The first-order valence-electron chi connectivity index (χ1n) is 2.04. The van der Waals surface area contributed by atoms with E-state index in [-0.39, 0.29) is 0 Å². The number of cyclic esters (lactones) is 1. The number of hydrogen-bond acceptors (Lipinski definition) is 2. The Hall–Kier alpha value is -0.940. The van der Waals surface area contributed by atoms with Crippen LogP contribution in [0.2, 0.25) is 0 Å². The summed E-state index contributed by atoms with van der Waals surface area (Å²) in [6.07, 6.45) is -7.60. The second kappa shape index (κ2) is 1.52. The second-order valence-electron chi connectivity index (χ2n) is 1.47. The van der Waals surface area contributed by atoms with E-state index in [1.807, 2.05) is 0 Å². The standard InChI is InChI=1S/C3H2F3NO2/c4-3(5,6)1-7-2(8)9-1/h1H,(H,7,8)/t1-/m0/s1. The molecular formula is C3H2F3NO2. The highest BCUT2D eigenvalue weighted by Crippen LogP contribution is 2.24. The van der Waals surface area contributed by atoms with Crippen LogP contribution in [0.5, 0.6) is 0 Å². The number of hydrogen-bond donors (Lipinski definition) is 1. The minimum absolute atomic E-state index is 1.03. The third-order valence-corrected chi connectivity index (χ3v) is 0.771. The van der Waals surface area contributed by atoms with E-state index in [1.165, 1.54) is 5.32 Å². The molecule has 0 aliphatic carbocycles. The lowest BCUT2D eigenvalue weighted by molar-refractivity contribution is -0.233. The summed E-state index contributed by atoms with van der Waals surface area (Å²) in [5.74, 6) is 0. The van der Waals surface area contributed by atoms with Gasteiger partial charge in [-0.25, -0.2) is 4.79 Å². The summed E-state index contributed by atoms with van der Waals surface area (Å²) in [7, 11) is 0. The van der Waals surface area contributed by atoms with Crippen LogP contribution in [0.25, 0.3) is 0 Å². The summed E-state index contributed by atoms with van der Waals surface area (Å²) in [5, 5.41) is 1.50. The maximum atomic E-state index is 11.3. The van der Waals surface area contributed by atoms with Crippen LogP contribution in [-0.2, 0) is 4.74 Å². The SMILES string of the molecule is O=C1N[C@H](C(F)(F)F)O1. The van der Waals surface area contributed by atoms with Gasteiger partial charge in [0.15, 0.2) is 0 Å². The topological polar surface area (TPSA) is 38.3 Å². The summed E-state index contributed by atoms with van der Waals surface area (Å²) in [4.78, 5) is 9.72. The number of alkyl halides is 3. The van der Waals surface area contributed by atoms with Gasteiger partial charge < -0.3 is 4.74 Å². The highest BCUT2D eigenvalue weighted by atomic mass is 19.4. The van der Waals surface area contributed by atoms with E-state index in [0.29, 0.717) is 0 Å². The molecule has 0 aromatic carbocycles. The number of halogens is 3. The Morgan fingerprint density at radius 2 is 2.00 bits per heavy atom. The Balaban J connectivity index is 2.40. The van der Waals surface area contributed by atoms with E-state index in [4.69, 9.17) is 0 Å². The Bertz CT molecular complexity index is 134. The van der Waals surface area contributed by atoms with Crippen LogP contribution in [-0.4, -0.2) is 18.5 Å². The highest BCUT2D eigenvalue weighted by molar-refractivity contribution is 5.72. The first-order valence-corrected chi connectivity index (χ1v) is 2.04. The quantitative estimate of drug-likeness (QED) is 0.536. The molecule has 0 radical (unpaired) electrons. The monoisotopic (exact) mass is 141 g/mol. The molecule has 0 aromatic heterocycles. The molecule has 1 fully saturated rings. The van der Waals surface area contributed by atoms with Crippen LogP contribution in [0.4, 0.5) is 18.0 Å². The summed E-state index contributed by atoms with van der Waals surface area (Å²) in [6, 6.07) is 0. The summed E-state index contributed by atoms with van der Waals surface area (Å²) < 4.78 is 37.6. The van der Waals surface area contributed by atoms with Gasteiger partial charge in [-0.1, -0.05) is 0 Å². The number of carbonyl (C=O) groups excluding carboxylic acids is 1. The molecule has 0 unspecified atom stereocenters. The fourth-order valence-corrected chi connectivity index (χ4v) is 0.368. The average molecular weight is 141 g/mol. The van der Waals surface area contributed by atoms with Crippen molar-refractivity contribution in [2.75, 3.05) is 0 Å². The fraction of sp³-hybridized carbons (Fsp3) is 0.667. The lowest BCUT2D eigenvalue weighted by Gasteiger charge is -2.28. The Morgan fingerprint density at radius 3 is 2.11 bits per heavy atom. The molecule has 3 nitrogen and oxygen atoms in total. The zero-order valence-corrected chi connectivity index (χ0v) is 4.03. The molecule has 0 bridgehead atoms. The molecule has 1 amide bonds. The minimum Gasteiger partial charge on any atom is -0.415 e. The smallest absolute Gasteiger partial charge is 0.415 e. The zero-order chi connectivity index (χ0) is 7.07. The van der Waals surface area contributed by atoms with Crippen molar-refractivity contribution in [1.82, 2.24) is 5.32 Å². The zero-order valence-electron chi connectivity index (χ0n) is 4.03. The first-order chi connectivity index (χ1) is 4.00. The molecule has 1 N–H and O–H groups in total. The van der Waals surface area contributed by atoms with Crippen molar-refractivity contribution in [3.63, 3.8) is 0 Å². The maximum absolute atomic E-state index is 11.3. The van der Waals surface area contributed by atoms with Gasteiger partial charge in [0.05, 0.1) is 0 Å². The normalized spacial score (nSPS) is 26.1. The number of carbonyl (C=O) groups is 1. The van der Waals surface area contributed by atoms with E-state index >= 15 is 0 Å². The summed E-state index contributed by atoms with van der Waals surface area (Å²) in [6.45, 7) is 0. The number of amides is 1. The molecule has 0 spiro atoms. The van der Waals surface area contributed by atoms with Crippen molar-refractivity contribution in [3.8, 4) is 0 Å². The van der Waals surface area contributed by atoms with Crippen molar-refractivity contribution >= 4 is 6.09 Å². The van der Waals surface area contributed by atoms with Gasteiger partial charge in [-0.3, -0.25) is 5.32 Å².